The largest absolute Gasteiger partial charge is 0.460 e. The van der Waals surface area contributed by atoms with Crippen LogP contribution < -0.4 is 0 Å². The van der Waals surface area contributed by atoms with Crippen molar-refractivity contribution in [2.24, 2.45) is 28.1 Å². The highest BCUT2D eigenvalue weighted by atomic mass is 32.2. The average Bonchev–Trinajstić information content (AvgIpc) is 2.86. The molecule has 1 aromatic carbocycles. The van der Waals surface area contributed by atoms with Gasteiger partial charge in [0, 0.05) is 17.3 Å². The molecule has 212 valence electrons. The molecule has 2 bridgehead atoms. The fourth-order valence-corrected chi connectivity index (χ4v) is 7.53. The van der Waals surface area contributed by atoms with Crippen molar-refractivity contribution in [1.82, 2.24) is 0 Å². The molecule has 1 aromatic rings. The van der Waals surface area contributed by atoms with E-state index in [9.17, 15) is 23.1 Å². The van der Waals surface area contributed by atoms with Gasteiger partial charge in [0.15, 0.2) is 6.61 Å². The van der Waals surface area contributed by atoms with Gasteiger partial charge >= 0.3 is 5.97 Å². The van der Waals surface area contributed by atoms with Gasteiger partial charge < -0.3 is 14.6 Å². The summed E-state index contributed by atoms with van der Waals surface area (Å²) in [6, 6.07) is 6.20. The molecule has 2 fully saturated rings. The SMILES string of the molecule is C=C[C@]1(C)C[C@@H](OC(=O)COS(=O)(=O)c2ccc(C)cc2)[C@@]2(C)C[C@](CCC(C)=O)(CCC2C)[C@@H](C)[C@@H]1O. The van der Waals surface area contributed by atoms with Crippen molar-refractivity contribution < 1.29 is 32.0 Å². The lowest BCUT2D eigenvalue weighted by Gasteiger charge is -2.60. The Labute approximate surface area is 228 Å². The Morgan fingerprint density at radius 2 is 1.82 bits per heavy atom. The molecule has 0 saturated heterocycles. The first kappa shape index (κ1) is 30.5. The maximum atomic E-state index is 13.0. The van der Waals surface area contributed by atoms with Crippen LogP contribution in [0.3, 0.4) is 0 Å². The summed E-state index contributed by atoms with van der Waals surface area (Å²) in [6.45, 7) is 15.0. The highest BCUT2D eigenvalue weighted by Gasteiger charge is 2.58. The minimum Gasteiger partial charge on any atom is -0.460 e. The number of esters is 1. The monoisotopic (exact) mass is 548 g/mol. The van der Waals surface area contributed by atoms with E-state index in [1.165, 1.54) is 12.1 Å². The van der Waals surface area contributed by atoms with Gasteiger partial charge in [-0.3, -0.25) is 4.18 Å². The number of hydrogen-bond donors (Lipinski definition) is 1. The number of Topliss-reactive ketones (excluding diaryl/α,β-unsaturated/α-hetero) is 1. The van der Waals surface area contributed by atoms with Crippen molar-refractivity contribution in [3.63, 3.8) is 0 Å². The Kier molecular flexibility index (Phi) is 9.01. The fraction of sp³-hybridized carbons (Fsp3) is 0.667. The number of aliphatic hydroxyl groups is 1. The van der Waals surface area contributed by atoms with Gasteiger partial charge in [0.25, 0.3) is 10.1 Å². The molecule has 0 radical (unpaired) electrons. The molecular weight excluding hydrogens is 504 g/mol. The molecule has 7 atom stereocenters. The van der Waals surface area contributed by atoms with E-state index in [4.69, 9.17) is 8.92 Å². The van der Waals surface area contributed by atoms with Crippen molar-refractivity contribution in [2.45, 2.75) is 97.2 Å². The van der Waals surface area contributed by atoms with Crippen molar-refractivity contribution >= 4 is 21.9 Å². The number of ether oxygens (including phenoxy) is 1. The number of benzene rings is 1. The zero-order chi connectivity index (χ0) is 28.5. The molecule has 3 rings (SSSR count). The molecule has 1 N–H and O–H groups in total. The Morgan fingerprint density at radius 3 is 2.39 bits per heavy atom. The molecule has 8 heteroatoms. The molecular formula is C30H44O7S. The number of aliphatic hydroxyl groups excluding tert-OH is 1. The second-order valence-corrected chi connectivity index (χ2v) is 14.0. The summed E-state index contributed by atoms with van der Waals surface area (Å²) in [5, 5.41) is 11.6. The van der Waals surface area contributed by atoms with Crippen molar-refractivity contribution in [3.05, 3.63) is 42.5 Å². The zero-order valence-electron chi connectivity index (χ0n) is 23.7. The van der Waals surface area contributed by atoms with Gasteiger partial charge in [-0.05, 0) is 75.3 Å². The summed E-state index contributed by atoms with van der Waals surface area (Å²) in [7, 11) is -4.13. The van der Waals surface area contributed by atoms with E-state index in [-0.39, 0.29) is 27.9 Å². The fourth-order valence-electron chi connectivity index (χ4n) is 6.67. The summed E-state index contributed by atoms with van der Waals surface area (Å²) in [6.07, 6.45) is 4.28. The molecule has 0 amide bonds. The van der Waals surface area contributed by atoms with Gasteiger partial charge in [0.2, 0.25) is 0 Å². The van der Waals surface area contributed by atoms with Crippen LogP contribution >= 0.6 is 0 Å². The Hall–Kier alpha value is -2.03. The molecule has 2 aliphatic rings. The standard InChI is InChI=1S/C30H44O7S/c1-8-28(6)17-25(37-26(32)18-36-38(34,35)24-11-9-20(2)10-12-24)29(7)19-30(15-13-21(29)3,16-14-22(4)31)23(5)27(28)33/h8-12,21,23,25,27,33H,1,13-19H2,2-7H3/t21?,23-,25+,27-,28+,29-,30+/m0/s1. The number of carbonyl (C=O) groups is 2. The lowest BCUT2D eigenvalue weighted by atomic mass is 9.47. The van der Waals surface area contributed by atoms with Crippen LogP contribution in [0, 0.1) is 35.0 Å². The molecule has 0 aromatic heterocycles. The van der Waals surface area contributed by atoms with Gasteiger partial charge in [-0.1, -0.05) is 51.5 Å². The lowest BCUT2D eigenvalue weighted by molar-refractivity contribution is -0.190. The third kappa shape index (κ3) is 6.07. The van der Waals surface area contributed by atoms with Crippen LogP contribution in [0.1, 0.15) is 78.7 Å². The van der Waals surface area contributed by atoms with E-state index in [1.54, 1.807) is 25.1 Å². The maximum absolute atomic E-state index is 13.0. The number of fused-ring (bicyclic) bond motifs is 2. The smallest absolute Gasteiger partial charge is 0.333 e. The van der Waals surface area contributed by atoms with Crippen LogP contribution in [0.25, 0.3) is 0 Å². The van der Waals surface area contributed by atoms with E-state index in [1.807, 2.05) is 13.8 Å². The van der Waals surface area contributed by atoms with Crippen molar-refractivity contribution in [1.29, 1.82) is 0 Å². The van der Waals surface area contributed by atoms with Crippen LogP contribution in [0.4, 0.5) is 0 Å². The molecule has 1 unspecified atom stereocenters. The van der Waals surface area contributed by atoms with E-state index in [0.29, 0.717) is 25.7 Å². The van der Waals surface area contributed by atoms with Gasteiger partial charge in [-0.15, -0.1) is 6.58 Å². The van der Waals surface area contributed by atoms with Gasteiger partial charge in [-0.2, -0.15) is 8.42 Å². The topological polar surface area (TPSA) is 107 Å². The average molecular weight is 549 g/mol. The van der Waals surface area contributed by atoms with Gasteiger partial charge in [0.05, 0.1) is 11.0 Å². The zero-order valence-corrected chi connectivity index (χ0v) is 24.5. The van der Waals surface area contributed by atoms with Crippen LogP contribution in [0.2, 0.25) is 0 Å². The summed E-state index contributed by atoms with van der Waals surface area (Å²) < 4.78 is 36.3. The summed E-state index contributed by atoms with van der Waals surface area (Å²) in [5.74, 6) is -0.533. The first-order valence-electron chi connectivity index (χ1n) is 13.6. The highest BCUT2D eigenvalue weighted by Crippen LogP contribution is 2.62. The van der Waals surface area contributed by atoms with Crippen LogP contribution in [0.5, 0.6) is 0 Å². The van der Waals surface area contributed by atoms with Crippen LogP contribution in [0.15, 0.2) is 41.8 Å². The summed E-state index contributed by atoms with van der Waals surface area (Å²) in [5.41, 5.74) is -0.588. The number of hydrogen-bond acceptors (Lipinski definition) is 7. The molecule has 0 spiro atoms. The predicted molar refractivity (Wildman–Crippen MR) is 146 cm³/mol. The molecule has 0 aliphatic heterocycles. The van der Waals surface area contributed by atoms with Crippen LogP contribution in [-0.2, 0) is 28.6 Å². The first-order valence-corrected chi connectivity index (χ1v) is 15.0. The number of carbonyl (C=O) groups excluding carboxylic acids is 2. The van der Waals surface area contributed by atoms with E-state index < -0.39 is 45.7 Å². The minimum absolute atomic E-state index is 0.0266. The lowest BCUT2D eigenvalue weighted by Crippen LogP contribution is -2.58. The van der Waals surface area contributed by atoms with Gasteiger partial charge in [-0.25, -0.2) is 4.79 Å². The Balaban J connectivity index is 1.90. The highest BCUT2D eigenvalue weighted by molar-refractivity contribution is 7.86. The second kappa shape index (κ2) is 11.2. The molecule has 7 nitrogen and oxygen atoms in total. The first-order chi connectivity index (χ1) is 17.6. The Morgan fingerprint density at radius 1 is 1.18 bits per heavy atom. The number of rotatable bonds is 9. The predicted octanol–water partition coefficient (Wildman–Crippen LogP) is 5.39. The van der Waals surface area contributed by atoms with Crippen molar-refractivity contribution in [2.75, 3.05) is 6.61 Å². The molecule has 38 heavy (non-hydrogen) atoms. The summed E-state index contributed by atoms with van der Waals surface area (Å²) in [4.78, 5) is 25.0. The number of aryl methyl sites for hydroxylation is 1. The quantitative estimate of drug-likeness (QED) is 0.251. The molecule has 0 heterocycles. The number of ketones is 1. The van der Waals surface area contributed by atoms with E-state index in [2.05, 4.69) is 27.4 Å². The maximum Gasteiger partial charge on any atom is 0.333 e. The summed E-state index contributed by atoms with van der Waals surface area (Å²) >= 11 is 0. The molecule has 2 saturated carbocycles. The second-order valence-electron chi connectivity index (χ2n) is 12.3. The Bertz CT molecular complexity index is 1140. The third-order valence-corrected chi connectivity index (χ3v) is 11.0. The van der Waals surface area contributed by atoms with Crippen molar-refractivity contribution in [3.8, 4) is 0 Å². The van der Waals surface area contributed by atoms with Crippen LogP contribution in [-0.4, -0.2) is 44.1 Å². The normalized spacial score (nSPS) is 35.6. The molecule has 2 aliphatic carbocycles. The van der Waals surface area contributed by atoms with Gasteiger partial charge in [0.1, 0.15) is 11.9 Å². The van der Waals surface area contributed by atoms with E-state index in [0.717, 1.165) is 18.4 Å². The van der Waals surface area contributed by atoms with E-state index >= 15 is 0 Å². The third-order valence-electron chi connectivity index (χ3n) is 9.77. The minimum atomic E-state index is -4.13.